The van der Waals surface area contributed by atoms with Gasteiger partial charge in [0.05, 0.1) is 5.02 Å². The zero-order valence-corrected chi connectivity index (χ0v) is 11.4. The molecule has 94 valence electrons. The Balaban J connectivity index is 2.26. The molecule has 0 fully saturated rings. The first-order chi connectivity index (χ1) is 8.47. The second kappa shape index (κ2) is 5.00. The molecule has 1 heterocycles. The molecule has 2 aromatic rings. The highest BCUT2D eigenvalue weighted by Crippen LogP contribution is 2.22. The molecule has 0 aliphatic heterocycles. The molecule has 0 bridgehead atoms. The van der Waals surface area contributed by atoms with Crippen molar-refractivity contribution in [2.45, 2.75) is 6.92 Å². The summed E-state index contributed by atoms with van der Waals surface area (Å²) < 4.78 is 1.49. The summed E-state index contributed by atoms with van der Waals surface area (Å²) in [5.74, 6) is -0.356. The van der Waals surface area contributed by atoms with E-state index in [9.17, 15) is 4.79 Å². The topological polar surface area (TPSA) is 46.9 Å². The van der Waals surface area contributed by atoms with E-state index in [1.165, 1.54) is 4.68 Å². The molecular weight excluding hydrogens is 273 g/mol. The Morgan fingerprint density at radius 2 is 2.11 bits per heavy atom. The van der Waals surface area contributed by atoms with Gasteiger partial charge in [0.1, 0.15) is 0 Å². The molecule has 0 aliphatic carbocycles. The predicted molar refractivity (Wildman–Crippen MR) is 72.4 cm³/mol. The van der Waals surface area contributed by atoms with Gasteiger partial charge in [0.25, 0.3) is 5.91 Å². The number of nitrogens with one attached hydrogen (secondary N) is 1. The number of nitrogens with zero attached hydrogens (tertiary/aromatic N) is 2. The third-order valence-electron chi connectivity index (χ3n) is 2.45. The fourth-order valence-corrected chi connectivity index (χ4v) is 1.96. The molecule has 0 spiro atoms. The van der Waals surface area contributed by atoms with E-state index in [0.29, 0.717) is 15.7 Å². The molecule has 2 rings (SSSR count). The Hall–Kier alpha value is -1.52. The van der Waals surface area contributed by atoms with Gasteiger partial charge in [-0.15, -0.1) is 0 Å². The lowest BCUT2D eigenvalue weighted by molar-refractivity contribution is 0.102. The van der Waals surface area contributed by atoms with Crippen LogP contribution < -0.4 is 5.32 Å². The van der Waals surface area contributed by atoms with Gasteiger partial charge in [-0.05, 0) is 24.6 Å². The van der Waals surface area contributed by atoms with Crippen LogP contribution in [0.25, 0.3) is 0 Å². The Morgan fingerprint density at radius 1 is 1.39 bits per heavy atom. The molecule has 0 saturated heterocycles. The van der Waals surface area contributed by atoms with E-state index < -0.39 is 0 Å². The molecule has 1 amide bonds. The molecule has 1 N–H and O–H groups in total. The van der Waals surface area contributed by atoms with E-state index in [-0.39, 0.29) is 11.6 Å². The number of hydrogen-bond acceptors (Lipinski definition) is 2. The smallest absolute Gasteiger partial charge is 0.277 e. The highest BCUT2D eigenvalue weighted by molar-refractivity contribution is 6.34. The van der Waals surface area contributed by atoms with E-state index in [1.54, 1.807) is 25.4 Å². The fraction of sp³-hybridized carbons (Fsp3) is 0.167. The number of benzene rings is 1. The van der Waals surface area contributed by atoms with Crippen LogP contribution in [0.15, 0.2) is 24.4 Å². The van der Waals surface area contributed by atoms with E-state index in [0.717, 1.165) is 5.56 Å². The summed E-state index contributed by atoms with van der Waals surface area (Å²) in [7, 11) is 1.70. The Kier molecular flexibility index (Phi) is 3.59. The molecule has 6 heteroatoms. The SMILES string of the molecule is Cc1ccc(Cl)cc1NC(=O)c1nn(C)cc1Cl. The maximum Gasteiger partial charge on any atom is 0.277 e. The van der Waals surface area contributed by atoms with Crippen LogP contribution in [0.3, 0.4) is 0 Å². The zero-order chi connectivity index (χ0) is 13.3. The monoisotopic (exact) mass is 283 g/mol. The van der Waals surface area contributed by atoms with Crippen molar-refractivity contribution in [3.8, 4) is 0 Å². The van der Waals surface area contributed by atoms with E-state index in [2.05, 4.69) is 10.4 Å². The first-order valence-corrected chi connectivity index (χ1v) is 5.99. The van der Waals surface area contributed by atoms with Crippen molar-refractivity contribution in [2.75, 3.05) is 5.32 Å². The first-order valence-electron chi connectivity index (χ1n) is 5.24. The average molecular weight is 284 g/mol. The minimum atomic E-state index is -0.356. The maximum absolute atomic E-state index is 12.0. The number of aromatic nitrogens is 2. The van der Waals surface area contributed by atoms with Crippen molar-refractivity contribution in [3.05, 3.63) is 45.7 Å². The van der Waals surface area contributed by atoms with Gasteiger partial charge in [-0.2, -0.15) is 5.10 Å². The van der Waals surface area contributed by atoms with Crippen molar-refractivity contribution < 1.29 is 4.79 Å². The summed E-state index contributed by atoms with van der Waals surface area (Å²) >= 11 is 11.8. The van der Waals surface area contributed by atoms with Crippen molar-refractivity contribution in [1.82, 2.24) is 9.78 Å². The summed E-state index contributed by atoms with van der Waals surface area (Å²) in [5, 5.41) is 7.61. The van der Waals surface area contributed by atoms with Crippen molar-refractivity contribution in [2.24, 2.45) is 7.05 Å². The summed E-state index contributed by atoms with van der Waals surface area (Å²) in [4.78, 5) is 12.0. The molecule has 0 aliphatic rings. The van der Waals surface area contributed by atoms with Gasteiger partial charge in [0.15, 0.2) is 5.69 Å². The van der Waals surface area contributed by atoms with Gasteiger partial charge in [0, 0.05) is 24.0 Å². The third-order valence-corrected chi connectivity index (χ3v) is 2.96. The minimum Gasteiger partial charge on any atom is -0.320 e. The van der Waals surface area contributed by atoms with E-state index in [1.807, 2.05) is 13.0 Å². The molecular formula is C12H11Cl2N3O. The molecule has 0 saturated carbocycles. The van der Waals surface area contributed by atoms with Crippen molar-refractivity contribution >= 4 is 34.8 Å². The van der Waals surface area contributed by atoms with Crippen LogP contribution >= 0.6 is 23.2 Å². The third kappa shape index (κ3) is 2.66. The number of carbonyl (C=O) groups excluding carboxylic acids is 1. The lowest BCUT2D eigenvalue weighted by Crippen LogP contribution is -2.14. The predicted octanol–water partition coefficient (Wildman–Crippen LogP) is 3.29. The average Bonchev–Trinajstić information content (AvgIpc) is 2.63. The van der Waals surface area contributed by atoms with Gasteiger partial charge >= 0.3 is 0 Å². The standard InChI is InChI=1S/C12H11Cl2N3O/c1-7-3-4-8(13)5-10(7)15-12(18)11-9(14)6-17(2)16-11/h3-6H,1-2H3,(H,15,18). The summed E-state index contributed by atoms with van der Waals surface area (Å²) in [6.45, 7) is 1.88. The van der Waals surface area contributed by atoms with Crippen LogP contribution in [-0.2, 0) is 7.05 Å². The molecule has 1 aromatic carbocycles. The number of aryl methyl sites for hydroxylation is 2. The van der Waals surface area contributed by atoms with Crippen LogP contribution in [0.4, 0.5) is 5.69 Å². The van der Waals surface area contributed by atoms with Crippen LogP contribution in [0.2, 0.25) is 10.0 Å². The number of hydrogen-bond donors (Lipinski definition) is 1. The minimum absolute atomic E-state index is 0.193. The van der Waals surface area contributed by atoms with E-state index >= 15 is 0 Å². The van der Waals surface area contributed by atoms with Gasteiger partial charge in [-0.3, -0.25) is 9.48 Å². The second-order valence-electron chi connectivity index (χ2n) is 3.91. The Bertz CT molecular complexity index is 607. The van der Waals surface area contributed by atoms with Crippen molar-refractivity contribution in [3.63, 3.8) is 0 Å². The number of rotatable bonds is 2. The molecule has 1 aromatic heterocycles. The highest BCUT2D eigenvalue weighted by Gasteiger charge is 2.15. The summed E-state index contributed by atoms with van der Waals surface area (Å²) in [6.07, 6.45) is 1.57. The normalized spacial score (nSPS) is 10.4. The molecule has 0 unspecified atom stereocenters. The zero-order valence-electron chi connectivity index (χ0n) is 9.87. The fourth-order valence-electron chi connectivity index (χ4n) is 1.52. The highest BCUT2D eigenvalue weighted by atomic mass is 35.5. The molecule has 0 atom stereocenters. The van der Waals surface area contributed by atoms with Crippen LogP contribution in [0.5, 0.6) is 0 Å². The number of halogens is 2. The van der Waals surface area contributed by atoms with E-state index in [4.69, 9.17) is 23.2 Å². The lowest BCUT2D eigenvalue weighted by Gasteiger charge is -2.07. The molecule has 0 radical (unpaired) electrons. The van der Waals surface area contributed by atoms with Gasteiger partial charge in [0.2, 0.25) is 0 Å². The Labute approximate surface area is 115 Å². The van der Waals surface area contributed by atoms with Crippen LogP contribution in [0.1, 0.15) is 16.1 Å². The molecule has 4 nitrogen and oxygen atoms in total. The van der Waals surface area contributed by atoms with Gasteiger partial charge < -0.3 is 5.32 Å². The molecule has 18 heavy (non-hydrogen) atoms. The number of amides is 1. The van der Waals surface area contributed by atoms with Crippen molar-refractivity contribution in [1.29, 1.82) is 0 Å². The largest absolute Gasteiger partial charge is 0.320 e. The first kappa shape index (κ1) is 12.9. The Morgan fingerprint density at radius 3 is 2.72 bits per heavy atom. The quantitative estimate of drug-likeness (QED) is 0.919. The maximum atomic E-state index is 12.0. The second-order valence-corrected chi connectivity index (χ2v) is 4.76. The summed E-state index contributed by atoms with van der Waals surface area (Å²) in [6, 6.07) is 5.28. The van der Waals surface area contributed by atoms with Gasteiger partial charge in [-0.25, -0.2) is 0 Å². The van der Waals surface area contributed by atoms with Gasteiger partial charge in [-0.1, -0.05) is 29.3 Å². The number of anilines is 1. The lowest BCUT2D eigenvalue weighted by atomic mass is 10.2. The summed E-state index contributed by atoms with van der Waals surface area (Å²) in [5.41, 5.74) is 1.76. The van der Waals surface area contributed by atoms with Crippen LogP contribution in [0, 0.1) is 6.92 Å². The van der Waals surface area contributed by atoms with Crippen LogP contribution in [-0.4, -0.2) is 15.7 Å². The number of carbonyl (C=O) groups is 1.